The molecule has 0 amide bonds. The molecule has 0 heterocycles. The Kier molecular flexibility index (Phi) is 5.88. The third kappa shape index (κ3) is 4.86. The zero-order valence-corrected chi connectivity index (χ0v) is 12.3. The average molecular weight is 272 g/mol. The molecule has 1 aliphatic rings. The zero-order chi connectivity index (χ0) is 14.2. The molecule has 1 aromatic rings. The molecule has 108 valence electrons. The fourth-order valence-corrected chi connectivity index (χ4v) is 2.81. The molecule has 1 saturated carbocycles. The van der Waals surface area contributed by atoms with Gasteiger partial charge in [-0.2, -0.15) is 5.26 Å². The van der Waals surface area contributed by atoms with Gasteiger partial charge in [0.25, 0.3) is 0 Å². The minimum atomic E-state index is 0.109. The van der Waals surface area contributed by atoms with Crippen molar-refractivity contribution in [3.63, 3.8) is 0 Å². The Morgan fingerprint density at radius 1 is 1.30 bits per heavy atom. The summed E-state index contributed by atoms with van der Waals surface area (Å²) < 4.78 is 5.33. The van der Waals surface area contributed by atoms with E-state index in [0.717, 1.165) is 18.2 Å². The van der Waals surface area contributed by atoms with Gasteiger partial charge in [-0.1, -0.05) is 31.9 Å². The van der Waals surface area contributed by atoms with E-state index in [4.69, 9.17) is 10.00 Å². The summed E-state index contributed by atoms with van der Waals surface area (Å²) in [7, 11) is 0. The number of ether oxygens (including phenoxy) is 1. The molecule has 3 nitrogen and oxygen atoms in total. The number of nitrogens with zero attached hydrogens (tertiary/aromatic N) is 1. The quantitative estimate of drug-likeness (QED) is 0.832. The lowest BCUT2D eigenvalue weighted by Gasteiger charge is -2.16. The zero-order valence-electron chi connectivity index (χ0n) is 12.3. The Morgan fingerprint density at radius 2 is 2.20 bits per heavy atom. The summed E-state index contributed by atoms with van der Waals surface area (Å²) in [6, 6.07) is 10.6. The highest BCUT2D eigenvalue weighted by Crippen LogP contribution is 2.23. The second-order valence-electron chi connectivity index (χ2n) is 5.79. The largest absolute Gasteiger partial charge is 0.479 e. The fraction of sp³-hybridized carbons (Fsp3) is 0.588. The van der Waals surface area contributed by atoms with Crippen molar-refractivity contribution in [1.82, 2.24) is 5.32 Å². The highest BCUT2D eigenvalue weighted by molar-refractivity contribution is 5.28. The van der Waals surface area contributed by atoms with Gasteiger partial charge in [0.15, 0.2) is 6.61 Å². The van der Waals surface area contributed by atoms with Crippen LogP contribution in [-0.4, -0.2) is 12.6 Å². The standard InChI is InChI=1S/C17H24N2O/c1-14-4-2-6-16(9-8-14)19-13-15-5-3-7-17(12-15)20-11-10-18/h3,5,7,12,14,16,19H,2,4,6,8-9,11,13H2,1H3. The molecular formula is C17H24N2O. The maximum atomic E-state index is 8.53. The van der Waals surface area contributed by atoms with Gasteiger partial charge in [-0.05, 0) is 42.9 Å². The van der Waals surface area contributed by atoms with Crippen LogP contribution >= 0.6 is 0 Å². The van der Waals surface area contributed by atoms with Gasteiger partial charge >= 0.3 is 0 Å². The van der Waals surface area contributed by atoms with E-state index >= 15 is 0 Å². The molecule has 1 N–H and O–H groups in total. The molecule has 1 fully saturated rings. The van der Waals surface area contributed by atoms with E-state index in [1.165, 1.54) is 37.7 Å². The minimum Gasteiger partial charge on any atom is -0.479 e. The van der Waals surface area contributed by atoms with Crippen molar-refractivity contribution < 1.29 is 4.74 Å². The van der Waals surface area contributed by atoms with E-state index in [9.17, 15) is 0 Å². The second kappa shape index (κ2) is 7.91. The van der Waals surface area contributed by atoms with Crippen LogP contribution in [0.15, 0.2) is 24.3 Å². The van der Waals surface area contributed by atoms with Crippen molar-refractivity contribution in [3.05, 3.63) is 29.8 Å². The van der Waals surface area contributed by atoms with Gasteiger partial charge in [0.05, 0.1) is 0 Å². The normalized spacial score (nSPS) is 22.8. The van der Waals surface area contributed by atoms with Crippen molar-refractivity contribution in [2.45, 2.75) is 51.6 Å². The predicted octanol–water partition coefficient (Wildman–Crippen LogP) is 3.65. The number of rotatable bonds is 5. The summed E-state index contributed by atoms with van der Waals surface area (Å²) in [5, 5.41) is 12.2. The number of nitrogens with one attached hydrogen (secondary N) is 1. The van der Waals surface area contributed by atoms with Crippen LogP contribution in [0, 0.1) is 17.2 Å². The van der Waals surface area contributed by atoms with Crippen molar-refractivity contribution in [2.24, 2.45) is 5.92 Å². The summed E-state index contributed by atoms with van der Waals surface area (Å²) in [4.78, 5) is 0. The van der Waals surface area contributed by atoms with Gasteiger partial charge in [0, 0.05) is 12.6 Å². The third-order valence-corrected chi connectivity index (χ3v) is 4.05. The minimum absolute atomic E-state index is 0.109. The Labute approximate surface area is 121 Å². The van der Waals surface area contributed by atoms with Crippen molar-refractivity contribution in [3.8, 4) is 11.8 Å². The molecule has 20 heavy (non-hydrogen) atoms. The maximum Gasteiger partial charge on any atom is 0.174 e. The van der Waals surface area contributed by atoms with E-state index in [1.807, 2.05) is 24.3 Å². The Balaban J connectivity index is 1.82. The third-order valence-electron chi connectivity index (χ3n) is 4.05. The van der Waals surface area contributed by atoms with Crippen LogP contribution in [0.3, 0.4) is 0 Å². The Morgan fingerprint density at radius 3 is 3.05 bits per heavy atom. The van der Waals surface area contributed by atoms with Gasteiger partial charge in [-0.15, -0.1) is 0 Å². The second-order valence-corrected chi connectivity index (χ2v) is 5.79. The number of benzene rings is 1. The SMILES string of the molecule is CC1CCCC(NCc2cccc(OCC#N)c2)CC1. The molecule has 0 spiro atoms. The summed E-state index contributed by atoms with van der Waals surface area (Å²) in [5.41, 5.74) is 1.22. The molecule has 0 aliphatic heterocycles. The van der Waals surface area contributed by atoms with E-state index in [2.05, 4.69) is 18.3 Å². The van der Waals surface area contributed by atoms with E-state index < -0.39 is 0 Å². The van der Waals surface area contributed by atoms with Gasteiger partial charge in [0.1, 0.15) is 11.8 Å². The van der Waals surface area contributed by atoms with Gasteiger partial charge in [-0.25, -0.2) is 0 Å². The van der Waals surface area contributed by atoms with Crippen LogP contribution in [0.1, 0.15) is 44.6 Å². The summed E-state index contributed by atoms with van der Waals surface area (Å²) >= 11 is 0. The highest BCUT2D eigenvalue weighted by atomic mass is 16.5. The first-order chi connectivity index (χ1) is 9.78. The van der Waals surface area contributed by atoms with Crippen LogP contribution in [0.4, 0.5) is 0 Å². The van der Waals surface area contributed by atoms with Gasteiger partial charge < -0.3 is 10.1 Å². The lowest BCUT2D eigenvalue weighted by Crippen LogP contribution is -2.27. The maximum absolute atomic E-state index is 8.53. The van der Waals surface area contributed by atoms with Crippen LogP contribution in [0.2, 0.25) is 0 Å². The van der Waals surface area contributed by atoms with Gasteiger partial charge in [-0.3, -0.25) is 0 Å². The molecule has 1 aliphatic carbocycles. The highest BCUT2D eigenvalue weighted by Gasteiger charge is 2.15. The molecular weight excluding hydrogens is 248 g/mol. The molecule has 0 aromatic heterocycles. The van der Waals surface area contributed by atoms with Crippen molar-refractivity contribution >= 4 is 0 Å². The molecule has 0 radical (unpaired) electrons. The summed E-state index contributed by atoms with van der Waals surface area (Å²) in [6.45, 7) is 3.35. The average Bonchev–Trinajstić information content (AvgIpc) is 2.68. The predicted molar refractivity (Wildman–Crippen MR) is 80.4 cm³/mol. The Bertz CT molecular complexity index is 453. The monoisotopic (exact) mass is 272 g/mol. The van der Waals surface area contributed by atoms with Crippen LogP contribution < -0.4 is 10.1 Å². The number of hydrogen-bond donors (Lipinski definition) is 1. The van der Waals surface area contributed by atoms with Crippen molar-refractivity contribution in [2.75, 3.05) is 6.61 Å². The van der Waals surface area contributed by atoms with Gasteiger partial charge in [0.2, 0.25) is 0 Å². The summed E-state index contributed by atoms with van der Waals surface area (Å²) in [5.74, 6) is 1.66. The lowest BCUT2D eigenvalue weighted by atomic mass is 10.0. The Hall–Kier alpha value is -1.53. The van der Waals surface area contributed by atoms with E-state index in [-0.39, 0.29) is 6.61 Å². The first-order valence-electron chi connectivity index (χ1n) is 7.60. The number of nitriles is 1. The fourth-order valence-electron chi connectivity index (χ4n) is 2.81. The molecule has 3 heteroatoms. The van der Waals surface area contributed by atoms with Crippen LogP contribution in [0.5, 0.6) is 5.75 Å². The van der Waals surface area contributed by atoms with Crippen LogP contribution in [0.25, 0.3) is 0 Å². The smallest absolute Gasteiger partial charge is 0.174 e. The molecule has 2 rings (SSSR count). The topological polar surface area (TPSA) is 45.0 Å². The van der Waals surface area contributed by atoms with E-state index in [0.29, 0.717) is 6.04 Å². The van der Waals surface area contributed by atoms with Crippen LogP contribution in [-0.2, 0) is 6.54 Å². The first-order valence-corrected chi connectivity index (χ1v) is 7.60. The number of hydrogen-bond acceptors (Lipinski definition) is 3. The molecule has 0 bridgehead atoms. The lowest BCUT2D eigenvalue weighted by molar-refractivity contribution is 0.367. The van der Waals surface area contributed by atoms with Crippen molar-refractivity contribution in [1.29, 1.82) is 5.26 Å². The first kappa shape index (κ1) is 14.9. The molecule has 1 aromatic carbocycles. The molecule has 2 atom stereocenters. The van der Waals surface area contributed by atoms with E-state index in [1.54, 1.807) is 0 Å². The molecule has 0 saturated heterocycles. The summed E-state index contributed by atoms with van der Waals surface area (Å²) in [6.07, 6.45) is 6.61. The molecule has 2 unspecified atom stereocenters.